The predicted molar refractivity (Wildman–Crippen MR) is 72.9 cm³/mol. The molecule has 4 heteroatoms. The third-order valence-corrected chi connectivity index (χ3v) is 3.97. The molecule has 0 amide bonds. The monoisotopic (exact) mass is 264 g/mol. The third kappa shape index (κ3) is 3.09. The second kappa shape index (κ2) is 5.98. The number of unbranched alkanes of at least 4 members (excludes halogenated alkanes) is 1. The molecule has 0 bridgehead atoms. The number of rotatable bonds is 6. The lowest BCUT2D eigenvalue weighted by Gasteiger charge is -2.09. The number of hydrogen-bond acceptors (Lipinski definition) is 3. The molecule has 1 aromatic heterocycles. The molecule has 3 nitrogen and oxygen atoms in total. The van der Waals surface area contributed by atoms with Crippen LogP contribution in [0.4, 0.5) is 0 Å². The number of carboxylic acid groups (broad SMARTS) is 1. The Morgan fingerprint density at radius 3 is 2.83 bits per heavy atom. The smallest absolute Gasteiger partial charge is 0.303 e. The number of carboxylic acids is 1. The van der Waals surface area contributed by atoms with E-state index in [1.165, 1.54) is 4.70 Å². The van der Waals surface area contributed by atoms with Gasteiger partial charge in [0.15, 0.2) is 0 Å². The van der Waals surface area contributed by atoms with Crippen molar-refractivity contribution < 1.29 is 15.0 Å². The number of aliphatic hydroxyl groups excluding tert-OH is 1. The molecular weight excluding hydrogens is 248 g/mol. The molecule has 2 rings (SSSR count). The summed E-state index contributed by atoms with van der Waals surface area (Å²) in [6, 6.07) is 8.01. The minimum Gasteiger partial charge on any atom is -0.481 e. The molecular formula is C14H16O3S. The minimum absolute atomic E-state index is 0.178. The Morgan fingerprint density at radius 2 is 2.06 bits per heavy atom. The van der Waals surface area contributed by atoms with Gasteiger partial charge in [0.05, 0.1) is 6.10 Å². The highest BCUT2D eigenvalue weighted by Gasteiger charge is 2.12. The molecule has 1 heterocycles. The topological polar surface area (TPSA) is 57.5 Å². The molecule has 1 atom stereocenters. The number of hydrogen-bond donors (Lipinski definition) is 2. The van der Waals surface area contributed by atoms with Crippen LogP contribution in [0.5, 0.6) is 0 Å². The van der Waals surface area contributed by atoms with Gasteiger partial charge in [0.1, 0.15) is 0 Å². The first-order valence-corrected chi connectivity index (χ1v) is 6.92. The normalized spacial score (nSPS) is 12.7. The molecule has 0 saturated carbocycles. The van der Waals surface area contributed by atoms with Crippen LogP contribution < -0.4 is 0 Å². The summed E-state index contributed by atoms with van der Waals surface area (Å²) in [5.41, 5.74) is 0.964. The number of fused-ring (bicyclic) bond motifs is 1. The standard InChI is InChI=1S/C14H16O3S/c15-12(6-2-4-8-14(16)17)11-9-18-13-7-3-1-5-10(11)13/h1,3,5,7,9,12,15H,2,4,6,8H2,(H,16,17). The zero-order valence-electron chi connectivity index (χ0n) is 10.0. The first kappa shape index (κ1) is 13.1. The van der Waals surface area contributed by atoms with Crippen molar-refractivity contribution in [1.82, 2.24) is 0 Å². The van der Waals surface area contributed by atoms with Gasteiger partial charge in [0.25, 0.3) is 0 Å². The fourth-order valence-electron chi connectivity index (χ4n) is 2.03. The Morgan fingerprint density at radius 1 is 1.28 bits per heavy atom. The van der Waals surface area contributed by atoms with E-state index in [-0.39, 0.29) is 6.42 Å². The van der Waals surface area contributed by atoms with E-state index in [4.69, 9.17) is 5.11 Å². The van der Waals surface area contributed by atoms with Gasteiger partial charge in [0.2, 0.25) is 0 Å². The van der Waals surface area contributed by atoms with E-state index < -0.39 is 12.1 Å². The van der Waals surface area contributed by atoms with Gasteiger partial charge in [-0.25, -0.2) is 0 Å². The first-order valence-electron chi connectivity index (χ1n) is 6.04. The van der Waals surface area contributed by atoms with Crippen molar-refractivity contribution in [2.45, 2.75) is 31.8 Å². The first-order chi connectivity index (χ1) is 8.68. The van der Waals surface area contributed by atoms with E-state index in [0.717, 1.165) is 17.4 Å². The maximum absolute atomic E-state index is 10.4. The van der Waals surface area contributed by atoms with Gasteiger partial charge >= 0.3 is 5.97 Å². The van der Waals surface area contributed by atoms with Gasteiger partial charge in [0, 0.05) is 11.1 Å². The summed E-state index contributed by atoms with van der Waals surface area (Å²) in [4.78, 5) is 10.4. The largest absolute Gasteiger partial charge is 0.481 e. The summed E-state index contributed by atoms with van der Waals surface area (Å²) >= 11 is 1.63. The van der Waals surface area contributed by atoms with E-state index in [9.17, 15) is 9.90 Å². The minimum atomic E-state index is -0.773. The van der Waals surface area contributed by atoms with Crippen LogP contribution in [0.3, 0.4) is 0 Å². The number of aliphatic hydroxyl groups is 1. The van der Waals surface area contributed by atoms with E-state index in [1.54, 1.807) is 11.3 Å². The average molecular weight is 264 g/mol. The van der Waals surface area contributed by atoms with Crippen molar-refractivity contribution in [3.8, 4) is 0 Å². The lowest BCUT2D eigenvalue weighted by molar-refractivity contribution is -0.137. The fourth-order valence-corrected chi connectivity index (χ4v) is 3.03. The molecule has 0 aliphatic rings. The molecule has 0 radical (unpaired) electrons. The van der Waals surface area contributed by atoms with Crippen LogP contribution in [0.25, 0.3) is 10.1 Å². The van der Waals surface area contributed by atoms with Crippen LogP contribution in [0, 0.1) is 0 Å². The van der Waals surface area contributed by atoms with Crippen LogP contribution in [0.1, 0.15) is 37.4 Å². The zero-order chi connectivity index (χ0) is 13.0. The summed E-state index contributed by atoms with van der Waals surface area (Å²) < 4.78 is 1.18. The zero-order valence-corrected chi connectivity index (χ0v) is 10.8. The highest BCUT2D eigenvalue weighted by Crippen LogP contribution is 2.32. The number of aliphatic carboxylic acids is 1. The fraction of sp³-hybridized carbons (Fsp3) is 0.357. The van der Waals surface area contributed by atoms with Crippen LogP contribution >= 0.6 is 11.3 Å². The molecule has 0 spiro atoms. The number of carbonyl (C=O) groups is 1. The van der Waals surface area contributed by atoms with E-state index >= 15 is 0 Å². The number of benzene rings is 1. The van der Waals surface area contributed by atoms with Gasteiger partial charge in [-0.2, -0.15) is 0 Å². The van der Waals surface area contributed by atoms with E-state index in [1.807, 2.05) is 29.6 Å². The Balaban J connectivity index is 1.96. The Kier molecular flexibility index (Phi) is 4.33. The van der Waals surface area contributed by atoms with Crippen molar-refractivity contribution >= 4 is 27.4 Å². The summed E-state index contributed by atoms with van der Waals surface area (Å²) in [6.07, 6.45) is 1.66. The van der Waals surface area contributed by atoms with Crippen LogP contribution in [-0.2, 0) is 4.79 Å². The highest BCUT2D eigenvalue weighted by molar-refractivity contribution is 7.17. The lowest BCUT2D eigenvalue weighted by atomic mass is 10.0. The second-order valence-electron chi connectivity index (χ2n) is 4.34. The van der Waals surface area contributed by atoms with Gasteiger partial charge in [-0.3, -0.25) is 4.79 Å². The SMILES string of the molecule is O=C(O)CCCCC(O)c1csc2ccccc12. The van der Waals surface area contributed by atoms with Gasteiger partial charge in [-0.05, 0) is 41.7 Å². The number of thiophene rings is 1. The Hall–Kier alpha value is -1.39. The summed E-state index contributed by atoms with van der Waals surface area (Å²) in [5, 5.41) is 21.8. The van der Waals surface area contributed by atoms with Gasteiger partial charge < -0.3 is 10.2 Å². The lowest BCUT2D eigenvalue weighted by Crippen LogP contribution is -1.98. The quantitative estimate of drug-likeness (QED) is 0.784. The molecule has 1 aromatic carbocycles. The van der Waals surface area contributed by atoms with Crippen LogP contribution in [0.2, 0.25) is 0 Å². The van der Waals surface area contributed by atoms with Crippen molar-refractivity contribution in [2.24, 2.45) is 0 Å². The van der Waals surface area contributed by atoms with Gasteiger partial charge in [-0.15, -0.1) is 11.3 Å². The van der Waals surface area contributed by atoms with Crippen molar-refractivity contribution in [3.63, 3.8) is 0 Å². The third-order valence-electron chi connectivity index (χ3n) is 2.99. The van der Waals surface area contributed by atoms with Gasteiger partial charge in [-0.1, -0.05) is 18.2 Å². The Bertz CT molecular complexity index is 533. The molecule has 0 aliphatic heterocycles. The molecule has 1 unspecified atom stereocenters. The summed E-state index contributed by atoms with van der Waals surface area (Å²) in [7, 11) is 0. The van der Waals surface area contributed by atoms with Crippen molar-refractivity contribution in [1.29, 1.82) is 0 Å². The molecule has 0 aliphatic carbocycles. The summed E-state index contributed by atoms with van der Waals surface area (Å²) in [5.74, 6) is -0.773. The maximum atomic E-state index is 10.4. The van der Waals surface area contributed by atoms with Crippen LogP contribution in [-0.4, -0.2) is 16.2 Å². The predicted octanol–water partition coefficient (Wildman–Crippen LogP) is 3.58. The van der Waals surface area contributed by atoms with Crippen LogP contribution in [0.15, 0.2) is 29.6 Å². The maximum Gasteiger partial charge on any atom is 0.303 e. The molecule has 18 heavy (non-hydrogen) atoms. The molecule has 0 fully saturated rings. The average Bonchev–Trinajstić information content (AvgIpc) is 2.78. The van der Waals surface area contributed by atoms with E-state index in [0.29, 0.717) is 12.8 Å². The second-order valence-corrected chi connectivity index (χ2v) is 5.25. The summed E-state index contributed by atoms with van der Waals surface area (Å²) in [6.45, 7) is 0. The molecule has 96 valence electrons. The highest BCUT2D eigenvalue weighted by atomic mass is 32.1. The van der Waals surface area contributed by atoms with E-state index in [2.05, 4.69) is 0 Å². The van der Waals surface area contributed by atoms with Crippen molar-refractivity contribution in [2.75, 3.05) is 0 Å². The molecule has 2 N–H and O–H groups in total. The Labute approximate surface area is 110 Å². The molecule has 2 aromatic rings. The molecule has 0 saturated heterocycles. The van der Waals surface area contributed by atoms with Crippen molar-refractivity contribution in [3.05, 3.63) is 35.2 Å².